The number of anilines is 2. The number of aryl methyl sites for hydroxylation is 1. The molecule has 0 saturated heterocycles. The topological polar surface area (TPSA) is 36.2 Å². The lowest BCUT2D eigenvalue weighted by atomic mass is 10.2. The van der Waals surface area contributed by atoms with E-state index in [4.69, 9.17) is 0 Å². The number of nitrogens with zero attached hydrogens (tertiary/aromatic N) is 2. The van der Waals surface area contributed by atoms with Crippen LogP contribution in [-0.4, -0.2) is 20.0 Å². The highest BCUT2D eigenvalue weighted by Gasteiger charge is 2.10. The van der Waals surface area contributed by atoms with Gasteiger partial charge in [0.1, 0.15) is 5.82 Å². The Balaban J connectivity index is 1.99. The molecule has 4 nitrogen and oxygen atoms in total. The quantitative estimate of drug-likeness (QED) is 0.875. The minimum Gasteiger partial charge on any atom is -0.377 e. The molecule has 0 aliphatic carbocycles. The summed E-state index contributed by atoms with van der Waals surface area (Å²) in [6.45, 7) is 1.87. The van der Waals surface area contributed by atoms with Crippen molar-refractivity contribution in [2.24, 2.45) is 0 Å². The van der Waals surface area contributed by atoms with E-state index < -0.39 is 0 Å². The average molecular weight is 288 g/mol. The van der Waals surface area contributed by atoms with Crippen LogP contribution in [0.1, 0.15) is 5.56 Å². The van der Waals surface area contributed by atoms with Crippen molar-refractivity contribution in [3.63, 3.8) is 0 Å². The fourth-order valence-electron chi connectivity index (χ4n) is 1.89. The molecule has 0 atom stereocenters. The van der Waals surface area contributed by atoms with Crippen LogP contribution in [-0.2, 0) is 11.3 Å². The molecule has 0 saturated carbocycles. The maximum Gasteiger partial charge on any atom is 0.290 e. The highest BCUT2D eigenvalue weighted by molar-refractivity contribution is 5.89. The lowest BCUT2D eigenvalue weighted by molar-refractivity contribution is -0.684. The Bertz CT molecular complexity index is 638. The standard InChI is InChI=1S/C16H18FN3O/c1-12-4-5-13(10-15(12)17)18-16(21)11-20-8-6-14(7-9-20)19(2)3/h4-10H,11H2,1-3H3/p+1. The van der Waals surface area contributed by atoms with Crippen LogP contribution in [0.25, 0.3) is 0 Å². The van der Waals surface area contributed by atoms with Crippen LogP contribution in [0.3, 0.4) is 0 Å². The third-order valence-electron chi connectivity index (χ3n) is 3.17. The second-order valence-electron chi connectivity index (χ2n) is 5.14. The smallest absolute Gasteiger partial charge is 0.290 e. The Kier molecular flexibility index (Phi) is 4.52. The predicted molar refractivity (Wildman–Crippen MR) is 80.7 cm³/mol. The van der Waals surface area contributed by atoms with Gasteiger partial charge in [-0.3, -0.25) is 4.79 Å². The summed E-state index contributed by atoms with van der Waals surface area (Å²) < 4.78 is 15.2. The third-order valence-corrected chi connectivity index (χ3v) is 3.17. The zero-order valence-electron chi connectivity index (χ0n) is 12.4. The largest absolute Gasteiger partial charge is 0.377 e. The van der Waals surface area contributed by atoms with Crippen LogP contribution in [0.5, 0.6) is 0 Å². The Labute approximate surface area is 123 Å². The summed E-state index contributed by atoms with van der Waals surface area (Å²) >= 11 is 0. The van der Waals surface area contributed by atoms with E-state index in [1.165, 1.54) is 6.07 Å². The fraction of sp³-hybridized carbons (Fsp3) is 0.250. The summed E-state index contributed by atoms with van der Waals surface area (Å²) in [4.78, 5) is 13.9. The molecule has 0 aliphatic heterocycles. The number of benzene rings is 1. The molecule has 1 heterocycles. The zero-order chi connectivity index (χ0) is 15.4. The summed E-state index contributed by atoms with van der Waals surface area (Å²) in [6.07, 6.45) is 3.68. The number of rotatable bonds is 4. The second kappa shape index (κ2) is 6.35. The van der Waals surface area contributed by atoms with E-state index in [0.29, 0.717) is 11.3 Å². The van der Waals surface area contributed by atoms with E-state index in [1.54, 1.807) is 23.6 Å². The van der Waals surface area contributed by atoms with Gasteiger partial charge in [-0.1, -0.05) is 6.07 Å². The average Bonchev–Trinajstić information content (AvgIpc) is 2.43. The van der Waals surface area contributed by atoms with Crippen molar-refractivity contribution in [2.75, 3.05) is 24.3 Å². The first kappa shape index (κ1) is 15.0. The molecule has 1 amide bonds. The first-order chi connectivity index (χ1) is 9.95. The number of amides is 1. The van der Waals surface area contributed by atoms with Gasteiger partial charge in [0.15, 0.2) is 12.4 Å². The highest BCUT2D eigenvalue weighted by Crippen LogP contribution is 2.13. The molecule has 2 rings (SSSR count). The minimum atomic E-state index is -0.323. The molecule has 1 N–H and O–H groups in total. The first-order valence-electron chi connectivity index (χ1n) is 6.68. The van der Waals surface area contributed by atoms with Crippen molar-refractivity contribution in [1.82, 2.24) is 0 Å². The van der Waals surface area contributed by atoms with Gasteiger partial charge in [-0.15, -0.1) is 0 Å². The molecule has 1 aromatic heterocycles. The number of hydrogen-bond donors (Lipinski definition) is 1. The van der Waals surface area contributed by atoms with Gasteiger partial charge in [0, 0.05) is 37.6 Å². The van der Waals surface area contributed by atoms with Crippen LogP contribution in [0.2, 0.25) is 0 Å². The molecule has 5 heteroatoms. The van der Waals surface area contributed by atoms with Gasteiger partial charge >= 0.3 is 0 Å². The second-order valence-corrected chi connectivity index (χ2v) is 5.14. The summed E-state index contributed by atoms with van der Waals surface area (Å²) in [6, 6.07) is 8.52. The maximum absolute atomic E-state index is 13.4. The Morgan fingerprint density at radius 3 is 2.48 bits per heavy atom. The number of hydrogen-bond acceptors (Lipinski definition) is 2. The van der Waals surface area contributed by atoms with Gasteiger partial charge in [-0.05, 0) is 24.6 Å². The van der Waals surface area contributed by atoms with Crippen LogP contribution in [0, 0.1) is 12.7 Å². The van der Waals surface area contributed by atoms with Crippen molar-refractivity contribution < 1.29 is 13.8 Å². The van der Waals surface area contributed by atoms with Gasteiger partial charge in [0.2, 0.25) is 6.54 Å². The van der Waals surface area contributed by atoms with Crippen molar-refractivity contribution in [2.45, 2.75) is 13.5 Å². The van der Waals surface area contributed by atoms with Crippen LogP contribution < -0.4 is 14.8 Å². The van der Waals surface area contributed by atoms with Crippen LogP contribution in [0.4, 0.5) is 15.8 Å². The summed E-state index contributed by atoms with van der Waals surface area (Å²) in [5.74, 6) is -0.517. The monoisotopic (exact) mass is 288 g/mol. The Morgan fingerprint density at radius 1 is 1.24 bits per heavy atom. The minimum absolute atomic E-state index is 0.184. The lowest BCUT2D eigenvalue weighted by Gasteiger charge is -2.10. The van der Waals surface area contributed by atoms with Gasteiger partial charge in [-0.2, -0.15) is 4.57 Å². The molecule has 2 aromatic rings. The molecular formula is C16H19FN3O+. The van der Waals surface area contributed by atoms with Crippen LogP contribution >= 0.6 is 0 Å². The molecule has 0 aliphatic rings. The van der Waals surface area contributed by atoms with Gasteiger partial charge in [0.05, 0.1) is 0 Å². The van der Waals surface area contributed by atoms with Gasteiger partial charge in [0.25, 0.3) is 5.91 Å². The first-order valence-corrected chi connectivity index (χ1v) is 6.68. The number of pyridine rings is 1. The molecule has 0 unspecified atom stereocenters. The Morgan fingerprint density at radius 2 is 1.90 bits per heavy atom. The molecule has 0 spiro atoms. The number of aromatic nitrogens is 1. The predicted octanol–water partition coefficient (Wildman–Crippen LogP) is 2.13. The molecule has 21 heavy (non-hydrogen) atoms. The van der Waals surface area contributed by atoms with Gasteiger partial charge < -0.3 is 10.2 Å². The van der Waals surface area contributed by atoms with Crippen molar-refractivity contribution in [3.8, 4) is 0 Å². The van der Waals surface area contributed by atoms with Crippen LogP contribution in [0.15, 0.2) is 42.7 Å². The van der Waals surface area contributed by atoms with E-state index in [2.05, 4.69) is 5.32 Å². The van der Waals surface area contributed by atoms with E-state index in [1.807, 2.05) is 43.5 Å². The van der Waals surface area contributed by atoms with Gasteiger partial charge in [-0.25, -0.2) is 4.39 Å². The maximum atomic E-state index is 13.4. The molecular weight excluding hydrogens is 269 g/mol. The summed E-state index contributed by atoms with van der Waals surface area (Å²) in [5, 5.41) is 2.69. The SMILES string of the molecule is Cc1ccc(NC(=O)C[n+]2ccc(N(C)C)cc2)cc1F. The highest BCUT2D eigenvalue weighted by atomic mass is 19.1. The fourth-order valence-corrected chi connectivity index (χ4v) is 1.89. The van der Waals surface area contributed by atoms with Crippen molar-refractivity contribution >= 4 is 17.3 Å². The number of carbonyl (C=O) groups is 1. The van der Waals surface area contributed by atoms with E-state index in [-0.39, 0.29) is 18.3 Å². The third kappa shape index (κ3) is 4.02. The normalized spacial score (nSPS) is 10.3. The molecule has 110 valence electrons. The van der Waals surface area contributed by atoms with E-state index in [9.17, 15) is 9.18 Å². The van der Waals surface area contributed by atoms with Crippen molar-refractivity contribution in [3.05, 3.63) is 54.1 Å². The summed E-state index contributed by atoms with van der Waals surface area (Å²) in [7, 11) is 3.91. The molecule has 1 aromatic carbocycles. The number of carbonyl (C=O) groups excluding carboxylic acids is 1. The molecule has 0 radical (unpaired) electrons. The Hall–Kier alpha value is -2.43. The molecule has 0 fully saturated rings. The number of nitrogens with one attached hydrogen (secondary N) is 1. The van der Waals surface area contributed by atoms with E-state index >= 15 is 0 Å². The number of halogens is 1. The zero-order valence-corrected chi connectivity index (χ0v) is 12.4. The van der Waals surface area contributed by atoms with E-state index in [0.717, 1.165) is 5.69 Å². The molecule has 0 bridgehead atoms. The summed E-state index contributed by atoms with van der Waals surface area (Å²) in [5.41, 5.74) is 2.09. The lowest BCUT2D eigenvalue weighted by Crippen LogP contribution is -2.39. The van der Waals surface area contributed by atoms with Crippen molar-refractivity contribution in [1.29, 1.82) is 0 Å².